The van der Waals surface area contributed by atoms with Crippen LogP contribution in [-0.2, 0) is 16.3 Å². The quantitative estimate of drug-likeness (QED) is 0.602. The van der Waals surface area contributed by atoms with Crippen molar-refractivity contribution in [1.29, 1.82) is 0 Å². The Morgan fingerprint density at radius 1 is 1.35 bits per heavy atom. The normalized spacial score (nSPS) is 20.4. The lowest BCUT2D eigenvalue weighted by Gasteiger charge is -2.13. The van der Waals surface area contributed by atoms with E-state index in [2.05, 4.69) is 15.6 Å². The molecule has 0 amide bonds. The maximum atomic E-state index is 11.5. The number of halogens is 1. The maximum absolute atomic E-state index is 11.5. The van der Waals surface area contributed by atoms with Gasteiger partial charge in [-0.3, -0.25) is 4.99 Å². The largest absolute Gasteiger partial charge is 0.357 e. The second kappa shape index (κ2) is 8.55. The van der Waals surface area contributed by atoms with Crippen molar-refractivity contribution < 1.29 is 8.42 Å². The number of hydrogen-bond donors (Lipinski definition) is 2. The molecule has 1 heterocycles. The van der Waals surface area contributed by atoms with Crippen LogP contribution in [-0.4, -0.2) is 45.5 Å². The molecule has 0 aliphatic carbocycles. The van der Waals surface area contributed by atoms with Gasteiger partial charge < -0.3 is 10.6 Å². The van der Waals surface area contributed by atoms with E-state index in [9.17, 15) is 8.42 Å². The first-order valence-corrected chi connectivity index (χ1v) is 10.2. The highest BCUT2D eigenvalue weighted by molar-refractivity contribution is 7.91. The molecule has 1 saturated heterocycles. The fraction of sp³-hybridized carbons (Fsp3) is 0.562. The van der Waals surface area contributed by atoms with E-state index in [1.807, 2.05) is 31.2 Å². The molecule has 5 nitrogen and oxygen atoms in total. The minimum Gasteiger partial charge on any atom is -0.357 e. The van der Waals surface area contributed by atoms with Crippen LogP contribution in [0, 0.1) is 5.92 Å². The van der Waals surface area contributed by atoms with Gasteiger partial charge in [-0.05, 0) is 37.3 Å². The van der Waals surface area contributed by atoms with Crippen molar-refractivity contribution in [3.8, 4) is 0 Å². The second-order valence-electron chi connectivity index (χ2n) is 5.76. The first-order valence-electron chi connectivity index (χ1n) is 7.96. The third-order valence-corrected chi connectivity index (χ3v) is 6.03. The fourth-order valence-electron chi connectivity index (χ4n) is 2.59. The van der Waals surface area contributed by atoms with Crippen molar-refractivity contribution in [3.05, 3.63) is 34.9 Å². The maximum Gasteiger partial charge on any atom is 0.191 e. The number of benzene rings is 1. The lowest BCUT2D eigenvalue weighted by molar-refractivity contribution is 0.589. The molecule has 1 fully saturated rings. The molecule has 1 aliphatic heterocycles. The van der Waals surface area contributed by atoms with Crippen LogP contribution in [0.1, 0.15) is 18.9 Å². The van der Waals surface area contributed by atoms with Gasteiger partial charge in [0.25, 0.3) is 0 Å². The van der Waals surface area contributed by atoms with Gasteiger partial charge in [0, 0.05) is 24.7 Å². The van der Waals surface area contributed by atoms with Crippen LogP contribution in [0.2, 0.25) is 5.02 Å². The number of rotatable bonds is 6. The molecule has 0 saturated carbocycles. The van der Waals surface area contributed by atoms with Gasteiger partial charge in [0.1, 0.15) is 0 Å². The number of aliphatic imine (C=N–C) groups is 1. The van der Waals surface area contributed by atoms with Gasteiger partial charge in [-0.25, -0.2) is 8.42 Å². The first-order chi connectivity index (χ1) is 11.0. The molecule has 0 radical (unpaired) electrons. The molecule has 0 aromatic heterocycles. The van der Waals surface area contributed by atoms with Crippen molar-refractivity contribution >= 4 is 27.4 Å². The van der Waals surface area contributed by atoms with Crippen molar-refractivity contribution in [3.63, 3.8) is 0 Å². The molecular weight excluding hydrogens is 334 g/mol. The van der Waals surface area contributed by atoms with Crippen LogP contribution in [0.25, 0.3) is 0 Å². The summed E-state index contributed by atoms with van der Waals surface area (Å²) in [6.45, 7) is 4.03. The number of hydrogen-bond acceptors (Lipinski definition) is 3. The van der Waals surface area contributed by atoms with E-state index in [0.717, 1.165) is 36.1 Å². The van der Waals surface area contributed by atoms with E-state index < -0.39 is 9.84 Å². The monoisotopic (exact) mass is 357 g/mol. The molecular formula is C16H24ClN3O2S. The van der Waals surface area contributed by atoms with E-state index in [0.29, 0.717) is 18.7 Å². The molecule has 1 unspecified atom stereocenters. The van der Waals surface area contributed by atoms with Crippen LogP contribution in [0.5, 0.6) is 0 Å². The van der Waals surface area contributed by atoms with Gasteiger partial charge in [-0.15, -0.1) is 0 Å². The lowest BCUT2D eigenvalue weighted by Crippen LogP contribution is -2.38. The summed E-state index contributed by atoms with van der Waals surface area (Å²) in [6.07, 6.45) is 1.52. The van der Waals surface area contributed by atoms with E-state index in [1.165, 1.54) is 0 Å². The zero-order valence-electron chi connectivity index (χ0n) is 13.4. The zero-order chi connectivity index (χ0) is 16.7. The number of sulfone groups is 1. The summed E-state index contributed by atoms with van der Waals surface area (Å²) < 4.78 is 23.0. The van der Waals surface area contributed by atoms with Crippen molar-refractivity contribution in [2.24, 2.45) is 10.9 Å². The third-order valence-electron chi connectivity index (χ3n) is 3.82. The van der Waals surface area contributed by atoms with Crippen LogP contribution in [0.4, 0.5) is 0 Å². The van der Waals surface area contributed by atoms with Crippen molar-refractivity contribution in [2.45, 2.75) is 19.8 Å². The highest BCUT2D eigenvalue weighted by Gasteiger charge is 2.27. The molecule has 1 atom stereocenters. The van der Waals surface area contributed by atoms with E-state index in [1.54, 1.807) is 0 Å². The summed E-state index contributed by atoms with van der Waals surface area (Å²) in [4.78, 5) is 4.51. The van der Waals surface area contributed by atoms with Gasteiger partial charge in [-0.1, -0.05) is 29.8 Å². The molecule has 1 aromatic rings. The van der Waals surface area contributed by atoms with Gasteiger partial charge in [0.05, 0.1) is 11.5 Å². The smallest absolute Gasteiger partial charge is 0.191 e. The van der Waals surface area contributed by atoms with Gasteiger partial charge in [-0.2, -0.15) is 0 Å². The molecule has 2 rings (SSSR count). The van der Waals surface area contributed by atoms with Crippen LogP contribution < -0.4 is 10.6 Å². The Kier molecular flexibility index (Phi) is 6.72. The summed E-state index contributed by atoms with van der Waals surface area (Å²) in [5.74, 6) is 1.42. The predicted molar refractivity (Wildman–Crippen MR) is 95.9 cm³/mol. The van der Waals surface area contributed by atoms with Crippen LogP contribution >= 0.6 is 11.6 Å². The summed E-state index contributed by atoms with van der Waals surface area (Å²) >= 11 is 6.14. The fourth-order valence-corrected chi connectivity index (χ4v) is 4.67. The van der Waals surface area contributed by atoms with Crippen molar-refractivity contribution in [1.82, 2.24) is 10.6 Å². The third kappa shape index (κ3) is 6.03. The molecule has 2 N–H and O–H groups in total. The predicted octanol–water partition coefficient (Wildman–Crippen LogP) is 1.87. The van der Waals surface area contributed by atoms with Gasteiger partial charge in [0.2, 0.25) is 0 Å². The SMILES string of the molecule is CCNC(=NCC1CCS(=O)(=O)C1)NCCc1ccccc1Cl. The van der Waals surface area contributed by atoms with Crippen LogP contribution in [0.15, 0.2) is 29.3 Å². The Hall–Kier alpha value is -1.27. The molecule has 128 valence electrons. The lowest BCUT2D eigenvalue weighted by atomic mass is 10.1. The average molecular weight is 358 g/mol. The number of guanidine groups is 1. The van der Waals surface area contributed by atoms with Crippen molar-refractivity contribution in [2.75, 3.05) is 31.1 Å². The summed E-state index contributed by atoms with van der Waals surface area (Å²) in [7, 11) is -2.84. The Bertz CT molecular complexity index is 646. The zero-order valence-corrected chi connectivity index (χ0v) is 15.0. The summed E-state index contributed by atoms with van der Waals surface area (Å²) in [6, 6.07) is 7.79. The Morgan fingerprint density at radius 3 is 2.78 bits per heavy atom. The Morgan fingerprint density at radius 2 is 2.13 bits per heavy atom. The highest BCUT2D eigenvalue weighted by Crippen LogP contribution is 2.18. The Balaban J connectivity index is 1.83. The Labute approximate surface area is 143 Å². The standard InChI is InChI=1S/C16H24ClN3O2S/c1-2-18-16(20-11-13-8-10-23(21,22)12-13)19-9-7-14-5-3-4-6-15(14)17/h3-6,13H,2,7-12H2,1H3,(H2,18,19,20). The molecule has 0 spiro atoms. The molecule has 1 aliphatic rings. The van der Waals surface area contributed by atoms with E-state index >= 15 is 0 Å². The van der Waals surface area contributed by atoms with Crippen LogP contribution in [0.3, 0.4) is 0 Å². The van der Waals surface area contributed by atoms with E-state index in [4.69, 9.17) is 11.6 Å². The average Bonchev–Trinajstić information content (AvgIpc) is 2.86. The molecule has 23 heavy (non-hydrogen) atoms. The molecule has 0 bridgehead atoms. The molecule has 1 aromatic carbocycles. The molecule has 7 heteroatoms. The minimum atomic E-state index is -2.84. The van der Waals surface area contributed by atoms with E-state index in [-0.39, 0.29) is 11.7 Å². The highest BCUT2D eigenvalue weighted by atomic mass is 35.5. The second-order valence-corrected chi connectivity index (χ2v) is 8.39. The minimum absolute atomic E-state index is 0.138. The summed E-state index contributed by atoms with van der Waals surface area (Å²) in [5.41, 5.74) is 1.10. The topological polar surface area (TPSA) is 70.6 Å². The van der Waals surface area contributed by atoms with Gasteiger partial charge in [0.15, 0.2) is 15.8 Å². The summed E-state index contributed by atoms with van der Waals surface area (Å²) in [5, 5.41) is 7.23. The van der Waals surface area contributed by atoms with Gasteiger partial charge >= 0.3 is 0 Å². The number of nitrogens with zero attached hydrogens (tertiary/aromatic N) is 1. The number of nitrogens with one attached hydrogen (secondary N) is 2. The first kappa shape index (κ1) is 18.1.